The third-order valence-corrected chi connectivity index (χ3v) is 6.94. The molecular formula is C30H51N5O6. The van der Waals surface area contributed by atoms with E-state index >= 15 is 0 Å². The number of aliphatic hydroxyl groups excluding tert-OH is 1. The summed E-state index contributed by atoms with van der Waals surface area (Å²) in [6.07, 6.45) is 1.98. The highest BCUT2D eigenvalue weighted by molar-refractivity contribution is 5.99. The van der Waals surface area contributed by atoms with Crippen LogP contribution in [0.3, 0.4) is 0 Å². The number of hydrogen-bond acceptors (Lipinski definition) is 6. The monoisotopic (exact) mass is 577 g/mol. The van der Waals surface area contributed by atoms with Gasteiger partial charge in [-0.05, 0) is 79.0 Å². The minimum atomic E-state index is -0.494. The highest BCUT2D eigenvalue weighted by atomic mass is 16.5. The molecule has 5 amide bonds. The van der Waals surface area contributed by atoms with Crippen LogP contribution < -0.4 is 20.7 Å². The highest BCUT2D eigenvalue weighted by Crippen LogP contribution is 2.28. The number of rotatable bonds is 7. The zero-order valence-electron chi connectivity index (χ0n) is 26.0. The summed E-state index contributed by atoms with van der Waals surface area (Å²) < 4.78 is 12.5. The van der Waals surface area contributed by atoms with Crippen molar-refractivity contribution in [3.63, 3.8) is 0 Å². The molecule has 2 rings (SSSR count). The van der Waals surface area contributed by atoms with Crippen LogP contribution >= 0.6 is 0 Å². The molecule has 11 heteroatoms. The van der Waals surface area contributed by atoms with E-state index in [1.54, 1.807) is 42.0 Å². The lowest BCUT2D eigenvalue weighted by molar-refractivity contribution is -0.0122. The summed E-state index contributed by atoms with van der Waals surface area (Å²) in [4.78, 5) is 42.3. The minimum absolute atomic E-state index is 0.00547. The number of nitrogens with one attached hydrogen (secondary N) is 3. The first-order valence-electron chi connectivity index (χ1n) is 14.8. The molecule has 0 aromatic heterocycles. The Morgan fingerprint density at radius 2 is 1.78 bits per heavy atom. The quantitative estimate of drug-likeness (QED) is 0.386. The summed E-state index contributed by atoms with van der Waals surface area (Å²) in [6, 6.07) is 3.95. The van der Waals surface area contributed by atoms with E-state index in [1.807, 2.05) is 41.5 Å². The van der Waals surface area contributed by atoms with Crippen LogP contribution in [0.25, 0.3) is 0 Å². The maximum absolute atomic E-state index is 14.1. The number of likely N-dealkylation sites (N-methyl/N-ethyl adjacent to an activating group) is 1. The van der Waals surface area contributed by atoms with Gasteiger partial charge in [0.15, 0.2) is 0 Å². The van der Waals surface area contributed by atoms with E-state index in [0.29, 0.717) is 30.2 Å². The normalized spacial score (nSPS) is 21.4. The first kappa shape index (κ1) is 34.2. The molecule has 0 saturated heterocycles. The van der Waals surface area contributed by atoms with E-state index in [1.165, 1.54) is 0 Å². The summed E-state index contributed by atoms with van der Waals surface area (Å²) >= 11 is 0. The molecule has 0 aliphatic carbocycles. The number of nitrogens with zero attached hydrogens (tertiary/aromatic N) is 2. The molecule has 41 heavy (non-hydrogen) atoms. The molecule has 1 heterocycles. The third-order valence-electron chi connectivity index (χ3n) is 6.94. The number of anilines is 1. The van der Waals surface area contributed by atoms with E-state index in [4.69, 9.17) is 9.47 Å². The fourth-order valence-corrected chi connectivity index (χ4v) is 4.60. The van der Waals surface area contributed by atoms with Crippen LogP contribution in [0.5, 0.6) is 5.75 Å². The Kier molecular flexibility index (Phi) is 13.7. The van der Waals surface area contributed by atoms with Gasteiger partial charge in [-0.1, -0.05) is 6.92 Å². The van der Waals surface area contributed by atoms with Crippen molar-refractivity contribution in [2.24, 2.45) is 5.92 Å². The van der Waals surface area contributed by atoms with Crippen LogP contribution in [0, 0.1) is 5.92 Å². The molecule has 0 unspecified atom stereocenters. The average molecular weight is 578 g/mol. The number of urea groups is 2. The number of carbonyl (C=O) groups excluding carboxylic acids is 3. The summed E-state index contributed by atoms with van der Waals surface area (Å²) in [5.74, 6) is -0.0584. The fraction of sp³-hybridized carbons (Fsp3) is 0.700. The Bertz CT molecular complexity index is 1000. The Hall–Kier alpha value is -3.05. The van der Waals surface area contributed by atoms with Crippen LogP contribution in [0.15, 0.2) is 18.2 Å². The van der Waals surface area contributed by atoms with Gasteiger partial charge in [-0.15, -0.1) is 0 Å². The van der Waals surface area contributed by atoms with E-state index in [2.05, 4.69) is 16.0 Å². The molecule has 0 fully saturated rings. The second-order valence-electron chi connectivity index (χ2n) is 11.7. The van der Waals surface area contributed by atoms with Gasteiger partial charge in [0.1, 0.15) is 5.75 Å². The maximum Gasteiger partial charge on any atom is 0.319 e. The molecule has 1 aliphatic heterocycles. The van der Waals surface area contributed by atoms with Crippen LogP contribution in [-0.2, 0) is 4.74 Å². The zero-order chi connectivity index (χ0) is 30.7. The molecule has 1 aromatic carbocycles. The second kappa shape index (κ2) is 16.4. The number of fused-ring (bicyclic) bond motifs is 1. The standard InChI is InChI=1S/C30H51N5O6/c1-19(2)31-29(38)33-24-12-13-26-25(15-24)28(37)35(22(6)18-36)16-21(5)27(17-34(8)30(39)32-20(3)4)40-14-10-9-11-23(7)41-26/h12-13,15,19-23,27,36H,9-11,14,16-18H2,1-8H3,(H,32,39)(H2,31,33,38)/t21-,22+,23-,27-/m1/s1. The number of hydrogen-bond donors (Lipinski definition) is 4. The first-order chi connectivity index (χ1) is 19.3. The molecule has 0 saturated carbocycles. The molecule has 4 atom stereocenters. The summed E-state index contributed by atoms with van der Waals surface area (Å²) in [7, 11) is 1.73. The lowest BCUT2D eigenvalue weighted by Crippen LogP contribution is -2.49. The van der Waals surface area contributed by atoms with Gasteiger partial charge < -0.3 is 40.3 Å². The van der Waals surface area contributed by atoms with Crippen molar-refractivity contribution in [1.29, 1.82) is 0 Å². The van der Waals surface area contributed by atoms with Crippen LogP contribution in [0.4, 0.5) is 15.3 Å². The van der Waals surface area contributed by atoms with Gasteiger partial charge in [-0.2, -0.15) is 0 Å². The summed E-state index contributed by atoms with van der Waals surface area (Å²) in [5, 5.41) is 18.6. The number of carbonyl (C=O) groups is 3. The predicted octanol–water partition coefficient (Wildman–Crippen LogP) is 4.06. The second-order valence-corrected chi connectivity index (χ2v) is 11.7. The van der Waals surface area contributed by atoms with Crippen molar-refractivity contribution < 1.29 is 29.0 Å². The SMILES string of the molecule is CC(C)NC(=O)Nc1ccc2c(c1)C(=O)N([C@@H](C)CO)C[C@@H](C)[C@@H](CN(C)C(=O)NC(C)C)OCCCC[C@@H](C)O2. The summed E-state index contributed by atoms with van der Waals surface area (Å²) in [5.41, 5.74) is 0.755. The lowest BCUT2D eigenvalue weighted by Gasteiger charge is -2.36. The lowest BCUT2D eigenvalue weighted by atomic mass is 10.0. The average Bonchev–Trinajstić information content (AvgIpc) is 2.89. The van der Waals surface area contributed by atoms with Gasteiger partial charge in [0.05, 0.1) is 30.4 Å². The molecule has 0 spiro atoms. The van der Waals surface area contributed by atoms with Crippen LogP contribution in [0.2, 0.25) is 0 Å². The molecule has 1 aliphatic rings. The van der Waals surface area contributed by atoms with E-state index in [9.17, 15) is 19.5 Å². The number of amides is 5. The van der Waals surface area contributed by atoms with E-state index in [0.717, 1.165) is 19.3 Å². The Labute approximate surface area is 245 Å². The van der Waals surface area contributed by atoms with E-state index < -0.39 is 6.04 Å². The van der Waals surface area contributed by atoms with Gasteiger partial charge >= 0.3 is 12.1 Å². The van der Waals surface area contributed by atoms with Crippen molar-refractivity contribution in [2.75, 3.05) is 38.7 Å². The molecule has 11 nitrogen and oxygen atoms in total. The largest absolute Gasteiger partial charge is 0.490 e. The van der Waals surface area contributed by atoms with Gasteiger partial charge in [0.25, 0.3) is 5.91 Å². The van der Waals surface area contributed by atoms with Crippen molar-refractivity contribution in [2.45, 2.75) is 98.1 Å². The minimum Gasteiger partial charge on any atom is -0.490 e. The van der Waals surface area contributed by atoms with Gasteiger partial charge in [0, 0.05) is 50.4 Å². The van der Waals surface area contributed by atoms with Crippen LogP contribution in [-0.4, -0.2) is 96.6 Å². The zero-order valence-corrected chi connectivity index (χ0v) is 26.0. The molecule has 4 N–H and O–H groups in total. The summed E-state index contributed by atoms with van der Waals surface area (Å²) in [6.45, 7) is 14.2. The van der Waals surface area contributed by atoms with Gasteiger partial charge in [0.2, 0.25) is 0 Å². The molecular weight excluding hydrogens is 526 g/mol. The third kappa shape index (κ3) is 11.0. The van der Waals surface area contributed by atoms with E-state index in [-0.39, 0.29) is 61.3 Å². The van der Waals surface area contributed by atoms with Gasteiger partial charge in [-0.3, -0.25) is 4.79 Å². The Balaban J connectivity index is 2.44. The molecule has 0 radical (unpaired) electrons. The number of ether oxygens (including phenoxy) is 2. The smallest absolute Gasteiger partial charge is 0.319 e. The Morgan fingerprint density at radius 1 is 1.10 bits per heavy atom. The van der Waals surface area contributed by atoms with Crippen LogP contribution in [0.1, 0.15) is 78.1 Å². The number of aliphatic hydroxyl groups is 1. The van der Waals surface area contributed by atoms with Crippen molar-refractivity contribution in [3.8, 4) is 5.75 Å². The van der Waals surface area contributed by atoms with Crippen molar-refractivity contribution in [3.05, 3.63) is 23.8 Å². The highest BCUT2D eigenvalue weighted by Gasteiger charge is 2.31. The Morgan fingerprint density at radius 3 is 2.41 bits per heavy atom. The topological polar surface area (TPSA) is 132 Å². The number of benzene rings is 1. The van der Waals surface area contributed by atoms with Crippen molar-refractivity contribution >= 4 is 23.7 Å². The first-order valence-corrected chi connectivity index (χ1v) is 14.8. The van der Waals surface area contributed by atoms with Crippen molar-refractivity contribution in [1.82, 2.24) is 20.4 Å². The fourth-order valence-electron chi connectivity index (χ4n) is 4.60. The molecule has 1 aromatic rings. The van der Waals surface area contributed by atoms with Gasteiger partial charge in [-0.25, -0.2) is 9.59 Å². The molecule has 232 valence electrons. The maximum atomic E-state index is 14.1. The predicted molar refractivity (Wildman–Crippen MR) is 160 cm³/mol. The molecule has 0 bridgehead atoms.